The Morgan fingerprint density at radius 3 is 2.85 bits per heavy atom. The molecule has 0 saturated carbocycles. The minimum atomic E-state index is 0.184. The Balaban J connectivity index is 1.47. The first-order valence-corrected chi connectivity index (χ1v) is 9.66. The van der Waals surface area contributed by atoms with Crippen molar-refractivity contribution in [2.24, 2.45) is 5.92 Å². The molecule has 7 nitrogen and oxygen atoms in total. The van der Waals surface area contributed by atoms with Gasteiger partial charge < -0.3 is 19.1 Å². The van der Waals surface area contributed by atoms with E-state index in [1.807, 2.05) is 14.1 Å². The van der Waals surface area contributed by atoms with E-state index < -0.39 is 0 Å². The summed E-state index contributed by atoms with van der Waals surface area (Å²) < 4.78 is 16.6. The number of carbonyl (C=O) groups is 1. The molecule has 1 aromatic rings. The van der Waals surface area contributed by atoms with Gasteiger partial charge in [0, 0.05) is 46.3 Å². The van der Waals surface area contributed by atoms with Crippen LogP contribution in [0.15, 0.2) is 12.1 Å². The number of piperidine rings is 1. The largest absolute Gasteiger partial charge is 0.493 e. The van der Waals surface area contributed by atoms with Crippen molar-refractivity contribution in [2.45, 2.75) is 25.4 Å². The fourth-order valence-corrected chi connectivity index (χ4v) is 4.44. The lowest BCUT2D eigenvalue weighted by Crippen LogP contribution is -2.44. The summed E-state index contributed by atoms with van der Waals surface area (Å²) in [6.45, 7) is 4.68. The normalized spacial score (nSPS) is 24.7. The number of likely N-dealkylation sites (N-methyl/N-ethyl adjacent to an activating group) is 1. The van der Waals surface area contributed by atoms with E-state index in [1.54, 1.807) is 12.0 Å². The van der Waals surface area contributed by atoms with E-state index >= 15 is 0 Å². The summed E-state index contributed by atoms with van der Waals surface area (Å²) >= 11 is 0. The number of rotatable bonds is 5. The molecule has 2 bridgehead atoms. The maximum absolute atomic E-state index is 12.1. The minimum absolute atomic E-state index is 0.184. The highest BCUT2D eigenvalue weighted by molar-refractivity contribution is 5.77. The number of nitrogens with zero attached hydrogens (tertiary/aromatic N) is 3. The Morgan fingerprint density at radius 2 is 2.07 bits per heavy atom. The zero-order valence-electron chi connectivity index (χ0n) is 16.4. The van der Waals surface area contributed by atoms with Crippen LogP contribution < -0.4 is 14.2 Å². The van der Waals surface area contributed by atoms with Gasteiger partial charge in [-0.2, -0.15) is 0 Å². The van der Waals surface area contributed by atoms with Gasteiger partial charge in [0.25, 0.3) is 0 Å². The van der Waals surface area contributed by atoms with Crippen LogP contribution in [-0.2, 0) is 11.3 Å². The lowest BCUT2D eigenvalue weighted by molar-refractivity contribution is -0.130. The van der Waals surface area contributed by atoms with E-state index in [-0.39, 0.29) is 12.7 Å². The van der Waals surface area contributed by atoms with Gasteiger partial charge in [0.15, 0.2) is 11.5 Å². The van der Waals surface area contributed by atoms with E-state index in [1.165, 1.54) is 18.4 Å². The molecule has 148 valence electrons. The number of fused-ring (bicyclic) bond motifs is 5. The number of benzene rings is 1. The standard InChI is InChI=1S/C20H29N3O4/c1-21(2)19(24)12-22-8-14-4-5-16(11-22)23(9-14)10-15-6-17(25-3)20-18(7-15)26-13-27-20/h6-7,14,16H,4-5,8-13H2,1-3H3/t14-,16+/m1/s1. The van der Waals surface area contributed by atoms with Crippen molar-refractivity contribution in [2.75, 3.05) is 54.2 Å². The predicted molar refractivity (Wildman–Crippen MR) is 101 cm³/mol. The van der Waals surface area contributed by atoms with Crippen LogP contribution in [0.2, 0.25) is 0 Å². The van der Waals surface area contributed by atoms with Crippen molar-refractivity contribution < 1.29 is 19.0 Å². The summed E-state index contributed by atoms with van der Waals surface area (Å²) in [5, 5.41) is 0. The lowest BCUT2D eigenvalue weighted by Gasteiger charge is -2.36. The Labute approximate surface area is 160 Å². The number of carbonyl (C=O) groups excluding carboxylic acids is 1. The van der Waals surface area contributed by atoms with Crippen LogP contribution in [0.1, 0.15) is 18.4 Å². The second-order valence-corrected chi connectivity index (χ2v) is 8.04. The van der Waals surface area contributed by atoms with Crippen LogP contribution in [-0.4, -0.2) is 80.8 Å². The maximum Gasteiger partial charge on any atom is 0.236 e. The summed E-state index contributed by atoms with van der Waals surface area (Å²) in [5.41, 5.74) is 1.18. The van der Waals surface area contributed by atoms with Crippen LogP contribution in [0.25, 0.3) is 0 Å². The Kier molecular flexibility index (Phi) is 5.14. The van der Waals surface area contributed by atoms with Crippen molar-refractivity contribution in [1.29, 1.82) is 0 Å². The number of ether oxygens (including phenoxy) is 3. The molecule has 5 rings (SSSR count). The molecule has 0 aliphatic carbocycles. The first-order valence-electron chi connectivity index (χ1n) is 9.66. The molecule has 0 unspecified atom stereocenters. The van der Waals surface area contributed by atoms with Gasteiger partial charge in [0.1, 0.15) is 0 Å². The first-order chi connectivity index (χ1) is 13.0. The van der Waals surface area contributed by atoms with E-state index in [9.17, 15) is 4.79 Å². The van der Waals surface area contributed by atoms with Crippen molar-refractivity contribution in [3.05, 3.63) is 17.7 Å². The predicted octanol–water partition coefficient (Wildman–Crippen LogP) is 1.41. The van der Waals surface area contributed by atoms with Crippen molar-refractivity contribution >= 4 is 5.91 Å². The third-order valence-corrected chi connectivity index (χ3v) is 5.86. The molecule has 3 fully saturated rings. The molecule has 1 aromatic carbocycles. The first kappa shape index (κ1) is 18.4. The minimum Gasteiger partial charge on any atom is -0.493 e. The topological polar surface area (TPSA) is 54.5 Å². The van der Waals surface area contributed by atoms with E-state index in [2.05, 4.69) is 21.9 Å². The molecule has 2 atom stereocenters. The van der Waals surface area contributed by atoms with Gasteiger partial charge in [0.05, 0.1) is 13.7 Å². The number of hydrogen-bond donors (Lipinski definition) is 0. The van der Waals surface area contributed by atoms with E-state index in [4.69, 9.17) is 14.2 Å². The van der Waals surface area contributed by atoms with E-state index in [0.29, 0.717) is 24.3 Å². The highest BCUT2D eigenvalue weighted by Gasteiger charge is 2.35. The number of hydrogen-bond acceptors (Lipinski definition) is 6. The Morgan fingerprint density at radius 1 is 1.22 bits per heavy atom. The number of amides is 1. The SMILES string of the molecule is COc1cc(CN2C[C@@H]3CC[C@H]2CN(CC(=O)N(C)C)C3)cc2c1OCO2. The fraction of sp³-hybridized carbons (Fsp3) is 0.650. The molecule has 0 spiro atoms. The third kappa shape index (κ3) is 3.84. The van der Waals surface area contributed by atoms with Crippen LogP contribution in [0.3, 0.4) is 0 Å². The van der Waals surface area contributed by atoms with Gasteiger partial charge >= 0.3 is 0 Å². The van der Waals surface area contributed by atoms with Crippen molar-refractivity contribution in [3.63, 3.8) is 0 Å². The smallest absolute Gasteiger partial charge is 0.236 e. The summed E-state index contributed by atoms with van der Waals surface area (Å²) in [6.07, 6.45) is 2.44. The van der Waals surface area contributed by atoms with Crippen LogP contribution >= 0.6 is 0 Å². The summed E-state index contributed by atoms with van der Waals surface area (Å²) in [6, 6.07) is 4.60. The Bertz CT molecular complexity index is 709. The molecular weight excluding hydrogens is 346 g/mol. The molecule has 4 aliphatic heterocycles. The highest BCUT2D eigenvalue weighted by atomic mass is 16.7. The van der Waals surface area contributed by atoms with Gasteiger partial charge in [-0.1, -0.05) is 0 Å². The fourth-order valence-electron chi connectivity index (χ4n) is 4.44. The molecule has 0 N–H and O–H groups in total. The molecule has 4 aliphatic rings. The highest BCUT2D eigenvalue weighted by Crippen LogP contribution is 2.42. The zero-order chi connectivity index (χ0) is 19.0. The monoisotopic (exact) mass is 375 g/mol. The average molecular weight is 375 g/mol. The quantitative estimate of drug-likeness (QED) is 0.776. The molecule has 3 saturated heterocycles. The molecule has 0 aromatic heterocycles. The van der Waals surface area contributed by atoms with E-state index in [0.717, 1.165) is 37.7 Å². The number of methoxy groups -OCH3 is 1. The third-order valence-electron chi connectivity index (χ3n) is 5.86. The second-order valence-electron chi connectivity index (χ2n) is 8.04. The lowest BCUT2D eigenvalue weighted by atomic mass is 9.94. The summed E-state index contributed by atoms with van der Waals surface area (Å²) in [7, 11) is 5.32. The summed E-state index contributed by atoms with van der Waals surface area (Å²) in [5.74, 6) is 3.01. The van der Waals surface area contributed by atoms with Crippen LogP contribution in [0.4, 0.5) is 0 Å². The average Bonchev–Trinajstić information content (AvgIpc) is 2.95. The van der Waals surface area contributed by atoms with Gasteiger partial charge in [-0.25, -0.2) is 0 Å². The molecule has 4 heterocycles. The summed E-state index contributed by atoms with van der Waals surface area (Å²) in [4.78, 5) is 18.7. The van der Waals surface area contributed by atoms with Crippen molar-refractivity contribution in [1.82, 2.24) is 14.7 Å². The van der Waals surface area contributed by atoms with Crippen LogP contribution in [0, 0.1) is 5.92 Å². The van der Waals surface area contributed by atoms with Crippen molar-refractivity contribution in [3.8, 4) is 17.2 Å². The van der Waals surface area contributed by atoms with Gasteiger partial charge in [-0.05, 0) is 36.5 Å². The maximum atomic E-state index is 12.1. The van der Waals surface area contributed by atoms with Gasteiger partial charge in [-0.3, -0.25) is 14.6 Å². The molecule has 7 heteroatoms. The second kappa shape index (κ2) is 7.56. The van der Waals surface area contributed by atoms with Gasteiger partial charge in [-0.15, -0.1) is 0 Å². The molecular formula is C20H29N3O4. The molecule has 0 radical (unpaired) electrons. The Hall–Kier alpha value is -1.99. The van der Waals surface area contributed by atoms with Crippen LogP contribution in [0.5, 0.6) is 17.2 Å². The van der Waals surface area contributed by atoms with Gasteiger partial charge in [0.2, 0.25) is 18.4 Å². The molecule has 1 amide bonds. The zero-order valence-corrected chi connectivity index (χ0v) is 16.4. The molecule has 27 heavy (non-hydrogen) atoms.